The van der Waals surface area contributed by atoms with Gasteiger partial charge in [0.05, 0.1) is 17.0 Å². The zero-order chi connectivity index (χ0) is 34.9. The molecule has 7 aromatic carbocycles. The van der Waals surface area contributed by atoms with E-state index in [0.29, 0.717) is 23.0 Å². The third-order valence-electron chi connectivity index (χ3n) is 9.70. The summed E-state index contributed by atoms with van der Waals surface area (Å²) in [5.74, 6) is 3.30. The van der Waals surface area contributed by atoms with Crippen LogP contribution in [0.5, 0.6) is 11.5 Å². The van der Waals surface area contributed by atoms with E-state index in [0.717, 1.165) is 50.4 Å². The highest BCUT2D eigenvalue weighted by molar-refractivity contribution is 5.76. The first-order valence-electron chi connectivity index (χ1n) is 17.2. The fraction of sp³-hybridized carbons (Fsp3) is 0.0213. The fourth-order valence-electron chi connectivity index (χ4n) is 7.28. The van der Waals surface area contributed by atoms with Crippen LogP contribution in [0.15, 0.2) is 182 Å². The Morgan fingerprint density at radius 2 is 0.904 bits per heavy atom. The van der Waals surface area contributed by atoms with E-state index in [9.17, 15) is 5.26 Å². The number of aromatic nitrogens is 3. The van der Waals surface area contributed by atoms with E-state index < -0.39 is 5.41 Å². The number of para-hydroxylation sites is 1. The summed E-state index contributed by atoms with van der Waals surface area (Å²) in [4.78, 5) is 14.6. The molecule has 1 aliphatic heterocycles. The quantitative estimate of drug-likeness (QED) is 0.177. The normalized spacial score (nSPS) is 12.5. The minimum atomic E-state index is -0.561. The maximum atomic E-state index is 9.52. The largest absolute Gasteiger partial charge is 0.457 e. The third kappa shape index (κ3) is 5.31. The van der Waals surface area contributed by atoms with Crippen LogP contribution in [0.3, 0.4) is 0 Å². The number of fused-ring (bicyclic) bond motifs is 2. The van der Waals surface area contributed by atoms with Gasteiger partial charge in [0, 0.05) is 27.8 Å². The molecule has 0 bridgehead atoms. The molecule has 1 aliphatic rings. The molecule has 0 atom stereocenters. The molecule has 0 saturated carbocycles. The molecular formula is C47H30N4O. The summed E-state index contributed by atoms with van der Waals surface area (Å²) < 4.78 is 6.71. The molecule has 8 aromatic rings. The lowest BCUT2D eigenvalue weighted by Crippen LogP contribution is -2.34. The predicted octanol–water partition coefficient (Wildman–Crippen LogP) is 10.9. The number of hydrogen-bond donors (Lipinski definition) is 0. The number of rotatable bonds is 6. The second kappa shape index (κ2) is 12.9. The first kappa shape index (κ1) is 30.9. The Bertz CT molecular complexity index is 2560. The number of hydrogen-bond acceptors (Lipinski definition) is 5. The van der Waals surface area contributed by atoms with Crippen molar-refractivity contribution in [1.29, 1.82) is 5.26 Å². The molecule has 2 heterocycles. The van der Waals surface area contributed by atoms with Gasteiger partial charge < -0.3 is 4.74 Å². The van der Waals surface area contributed by atoms with Crippen LogP contribution in [0, 0.1) is 11.3 Å². The Morgan fingerprint density at radius 3 is 1.56 bits per heavy atom. The van der Waals surface area contributed by atoms with Gasteiger partial charge in [0.2, 0.25) is 0 Å². The van der Waals surface area contributed by atoms with E-state index in [4.69, 9.17) is 19.7 Å². The summed E-state index contributed by atoms with van der Waals surface area (Å²) in [6.07, 6.45) is 0. The van der Waals surface area contributed by atoms with Crippen molar-refractivity contribution in [3.8, 4) is 62.9 Å². The molecule has 52 heavy (non-hydrogen) atoms. The Labute approximate surface area is 302 Å². The van der Waals surface area contributed by atoms with Crippen molar-refractivity contribution in [1.82, 2.24) is 15.0 Å². The second-order valence-electron chi connectivity index (χ2n) is 12.7. The molecule has 0 amide bonds. The van der Waals surface area contributed by atoms with Crippen molar-refractivity contribution >= 4 is 0 Å². The van der Waals surface area contributed by atoms with Gasteiger partial charge in [-0.3, -0.25) is 0 Å². The topological polar surface area (TPSA) is 71.7 Å². The smallest absolute Gasteiger partial charge is 0.164 e. The van der Waals surface area contributed by atoms with Crippen molar-refractivity contribution in [2.24, 2.45) is 0 Å². The van der Waals surface area contributed by atoms with Crippen LogP contribution in [0.2, 0.25) is 0 Å². The number of nitriles is 1. The maximum absolute atomic E-state index is 9.52. The van der Waals surface area contributed by atoms with Crippen LogP contribution in [0.1, 0.15) is 27.8 Å². The predicted molar refractivity (Wildman–Crippen MR) is 205 cm³/mol. The Kier molecular flexibility index (Phi) is 7.68. The molecule has 0 saturated heterocycles. The molecule has 0 N–H and O–H groups in total. The van der Waals surface area contributed by atoms with Crippen LogP contribution in [0.25, 0.3) is 45.3 Å². The van der Waals surface area contributed by atoms with Crippen LogP contribution in [0.4, 0.5) is 0 Å². The standard InChI is InChI=1S/C47H30N4O/c48-31-32-13-12-16-37(29-32)46-50-44(34-14-4-1-5-15-34)49-45(51-46)35-25-23-33(24-26-35)36-27-28-41-43(30-36)52-42-22-11-10-21-40(42)47(41,38-17-6-2-7-18-38)39-19-8-3-9-20-39/h1-30H. The van der Waals surface area contributed by atoms with E-state index >= 15 is 0 Å². The van der Waals surface area contributed by atoms with E-state index in [2.05, 4.69) is 115 Å². The first-order valence-corrected chi connectivity index (χ1v) is 17.2. The van der Waals surface area contributed by atoms with Crippen LogP contribution in [-0.4, -0.2) is 15.0 Å². The van der Waals surface area contributed by atoms with E-state index in [1.54, 1.807) is 12.1 Å². The van der Waals surface area contributed by atoms with Crippen LogP contribution >= 0.6 is 0 Å². The van der Waals surface area contributed by atoms with Gasteiger partial charge in [0.15, 0.2) is 17.5 Å². The van der Waals surface area contributed by atoms with E-state index in [1.165, 1.54) is 11.1 Å². The molecule has 1 aromatic heterocycles. The summed E-state index contributed by atoms with van der Waals surface area (Å²) in [5.41, 5.74) is 9.14. The summed E-state index contributed by atoms with van der Waals surface area (Å²) in [5, 5.41) is 9.52. The molecule has 0 fully saturated rings. The van der Waals surface area contributed by atoms with Gasteiger partial charge in [-0.15, -0.1) is 0 Å². The highest BCUT2D eigenvalue weighted by Crippen LogP contribution is 2.55. The van der Waals surface area contributed by atoms with Gasteiger partial charge in [0.25, 0.3) is 0 Å². The van der Waals surface area contributed by atoms with Gasteiger partial charge in [0.1, 0.15) is 11.5 Å². The maximum Gasteiger partial charge on any atom is 0.164 e. The highest BCUT2D eigenvalue weighted by Gasteiger charge is 2.45. The minimum Gasteiger partial charge on any atom is -0.457 e. The molecule has 0 aliphatic carbocycles. The van der Waals surface area contributed by atoms with Crippen LogP contribution in [-0.2, 0) is 5.41 Å². The number of nitrogens with zero attached hydrogens (tertiary/aromatic N) is 4. The first-order chi connectivity index (χ1) is 25.7. The van der Waals surface area contributed by atoms with Crippen molar-refractivity contribution < 1.29 is 4.74 Å². The van der Waals surface area contributed by atoms with Gasteiger partial charge in [-0.2, -0.15) is 5.26 Å². The molecule has 0 spiro atoms. The zero-order valence-electron chi connectivity index (χ0n) is 28.0. The minimum absolute atomic E-state index is 0.512. The molecular weight excluding hydrogens is 637 g/mol. The lowest BCUT2D eigenvalue weighted by atomic mass is 9.63. The fourth-order valence-corrected chi connectivity index (χ4v) is 7.28. The van der Waals surface area contributed by atoms with Crippen molar-refractivity contribution in [3.05, 3.63) is 210 Å². The molecule has 0 radical (unpaired) electrons. The highest BCUT2D eigenvalue weighted by atomic mass is 16.5. The SMILES string of the molecule is N#Cc1cccc(-c2nc(-c3ccccc3)nc(-c3ccc(-c4ccc5c(c4)Oc4ccccc4C5(c4ccccc4)c4ccccc4)cc3)n2)c1. The summed E-state index contributed by atoms with van der Waals surface area (Å²) in [6.45, 7) is 0. The van der Waals surface area contributed by atoms with E-state index in [-0.39, 0.29) is 0 Å². The zero-order valence-corrected chi connectivity index (χ0v) is 28.0. The Morgan fingerprint density at radius 1 is 0.404 bits per heavy atom. The second-order valence-corrected chi connectivity index (χ2v) is 12.7. The van der Waals surface area contributed by atoms with Crippen LogP contribution < -0.4 is 4.74 Å². The van der Waals surface area contributed by atoms with Gasteiger partial charge in [-0.25, -0.2) is 15.0 Å². The van der Waals surface area contributed by atoms with Crippen molar-refractivity contribution in [3.63, 3.8) is 0 Å². The lowest BCUT2D eigenvalue weighted by Gasteiger charge is -2.41. The monoisotopic (exact) mass is 666 g/mol. The average molecular weight is 667 g/mol. The van der Waals surface area contributed by atoms with Crippen molar-refractivity contribution in [2.75, 3.05) is 0 Å². The Balaban J connectivity index is 1.14. The lowest BCUT2D eigenvalue weighted by molar-refractivity contribution is 0.435. The Hall–Kier alpha value is -7.16. The molecule has 0 unspecified atom stereocenters. The van der Waals surface area contributed by atoms with Gasteiger partial charge >= 0.3 is 0 Å². The summed E-state index contributed by atoms with van der Waals surface area (Å²) >= 11 is 0. The van der Waals surface area contributed by atoms with E-state index in [1.807, 2.05) is 60.7 Å². The summed E-state index contributed by atoms with van der Waals surface area (Å²) in [6, 6.07) is 64.0. The molecule has 5 nitrogen and oxygen atoms in total. The summed E-state index contributed by atoms with van der Waals surface area (Å²) in [7, 11) is 0. The molecule has 9 rings (SSSR count). The van der Waals surface area contributed by atoms with Gasteiger partial charge in [-0.1, -0.05) is 158 Å². The van der Waals surface area contributed by atoms with Gasteiger partial charge in [-0.05, 0) is 46.5 Å². The molecule has 5 heteroatoms. The average Bonchev–Trinajstić information content (AvgIpc) is 3.23. The van der Waals surface area contributed by atoms with Crippen molar-refractivity contribution in [2.45, 2.75) is 5.41 Å². The third-order valence-corrected chi connectivity index (χ3v) is 9.70. The number of ether oxygens (including phenoxy) is 1. The molecule has 244 valence electrons. The number of benzene rings is 7.